The van der Waals surface area contributed by atoms with Crippen LogP contribution in [0.25, 0.3) is 21.9 Å². The molecule has 142 valence electrons. The number of aromatic nitrogens is 3. The number of pyridine rings is 1. The molecule has 1 aliphatic rings. The van der Waals surface area contributed by atoms with Crippen LogP contribution in [0.1, 0.15) is 45.4 Å². The number of carbonyl (C=O) groups excluding carboxylic acids is 1. The van der Waals surface area contributed by atoms with Crippen molar-refractivity contribution in [3.8, 4) is 0 Å². The smallest absolute Gasteiger partial charge is 0.410 e. The van der Waals surface area contributed by atoms with Gasteiger partial charge >= 0.3 is 6.09 Å². The van der Waals surface area contributed by atoms with Crippen LogP contribution in [-0.2, 0) is 4.74 Å². The molecule has 0 aliphatic carbocycles. The number of rotatable bonds is 1. The molecule has 0 spiro atoms. The van der Waals surface area contributed by atoms with Gasteiger partial charge < -0.3 is 14.6 Å². The lowest BCUT2D eigenvalue weighted by Crippen LogP contribution is -2.41. The molecular weight excluding hydrogens is 408 g/mol. The van der Waals surface area contributed by atoms with E-state index in [1.165, 1.54) is 0 Å². The van der Waals surface area contributed by atoms with Gasteiger partial charge in [-0.05, 0) is 51.8 Å². The summed E-state index contributed by atoms with van der Waals surface area (Å²) in [5, 5.41) is 1.05. The van der Waals surface area contributed by atoms with Gasteiger partial charge in [-0.25, -0.2) is 9.78 Å². The molecule has 27 heavy (non-hydrogen) atoms. The molecule has 6 nitrogen and oxygen atoms in total. The number of imidazole rings is 1. The van der Waals surface area contributed by atoms with Gasteiger partial charge in [0.25, 0.3) is 0 Å². The predicted octanol–water partition coefficient (Wildman–Crippen LogP) is 4.99. The molecular formula is C20H23BrN4O2. The summed E-state index contributed by atoms with van der Waals surface area (Å²) in [4.78, 5) is 26.9. The Balaban J connectivity index is 1.52. The predicted molar refractivity (Wildman–Crippen MR) is 109 cm³/mol. The first-order chi connectivity index (χ1) is 12.8. The Hall–Kier alpha value is -2.15. The van der Waals surface area contributed by atoms with Crippen molar-refractivity contribution in [2.24, 2.45) is 0 Å². The van der Waals surface area contributed by atoms with Crippen molar-refractivity contribution in [2.45, 2.75) is 45.1 Å². The van der Waals surface area contributed by atoms with Gasteiger partial charge in [0.15, 0.2) is 0 Å². The van der Waals surface area contributed by atoms with E-state index in [1.807, 2.05) is 45.2 Å². The molecule has 0 bridgehead atoms. The topological polar surface area (TPSA) is 71.1 Å². The van der Waals surface area contributed by atoms with Crippen molar-refractivity contribution in [2.75, 3.05) is 13.1 Å². The number of H-pyrrole nitrogens is 1. The molecule has 0 radical (unpaired) electrons. The maximum Gasteiger partial charge on any atom is 0.410 e. The quantitative estimate of drug-likeness (QED) is 0.590. The molecule has 1 N–H and O–H groups in total. The SMILES string of the molecule is CC(C)(C)OC(=O)N1CCC(c2nc3c(cnc4cc(Br)ccc43)[nH]2)CC1. The lowest BCUT2D eigenvalue weighted by molar-refractivity contribution is 0.0203. The number of likely N-dealkylation sites (tertiary alicyclic amines) is 1. The number of amides is 1. The number of hydrogen-bond donors (Lipinski definition) is 1. The van der Waals surface area contributed by atoms with Crippen molar-refractivity contribution < 1.29 is 9.53 Å². The molecule has 3 heterocycles. The number of halogens is 1. The Bertz CT molecular complexity index is 1000. The fourth-order valence-corrected chi connectivity index (χ4v) is 3.85. The molecule has 7 heteroatoms. The van der Waals surface area contributed by atoms with E-state index in [-0.39, 0.29) is 6.09 Å². The largest absolute Gasteiger partial charge is 0.444 e. The molecule has 0 atom stereocenters. The van der Waals surface area contributed by atoms with Gasteiger partial charge in [0, 0.05) is 28.9 Å². The van der Waals surface area contributed by atoms with E-state index in [9.17, 15) is 4.79 Å². The fourth-order valence-electron chi connectivity index (χ4n) is 3.51. The van der Waals surface area contributed by atoms with Gasteiger partial charge in [0.2, 0.25) is 0 Å². The minimum Gasteiger partial charge on any atom is -0.444 e. The number of nitrogens with one attached hydrogen (secondary N) is 1. The molecule has 1 saturated heterocycles. The minimum atomic E-state index is -0.463. The lowest BCUT2D eigenvalue weighted by atomic mass is 9.96. The number of piperidine rings is 1. The van der Waals surface area contributed by atoms with Crippen molar-refractivity contribution in [1.82, 2.24) is 19.9 Å². The van der Waals surface area contributed by atoms with Crippen molar-refractivity contribution in [3.05, 3.63) is 34.7 Å². The van der Waals surface area contributed by atoms with Gasteiger partial charge in [0.05, 0.1) is 22.7 Å². The number of nitrogens with zero attached hydrogens (tertiary/aromatic N) is 3. The van der Waals surface area contributed by atoms with E-state index >= 15 is 0 Å². The Labute approximate surface area is 166 Å². The maximum atomic E-state index is 12.2. The monoisotopic (exact) mass is 430 g/mol. The third-order valence-electron chi connectivity index (χ3n) is 4.83. The Kier molecular flexibility index (Phi) is 4.58. The van der Waals surface area contributed by atoms with Crippen molar-refractivity contribution in [1.29, 1.82) is 0 Å². The number of fused-ring (bicyclic) bond motifs is 3. The van der Waals surface area contributed by atoms with Crippen LogP contribution in [0.2, 0.25) is 0 Å². The second-order valence-corrected chi connectivity index (χ2v) is 8.96. The number of carbonyl (C=O) groups is 1. The van der Waals surface area contributed by atoms with E-state index in [2.05, 4.69) is 25.9 Å². The Morgan fingerprint density at radius 2 is 2.04 bits per heavy atom. The summed E-state index contributed by atoms with van der Waals surface area (Å²) in [6.45, 7) is 7.04. The van der Waals surface area contributed by atoms with Gasteiger partial charge in [-0.15, -0.1) is 0 Å². The summed E-state index contributed by atoms with van der Waals surface area (Å²) in [5.74, 6) is 1.28. The van der Waals surface area contributed by atoms with Gasteiger partial charge in [0.1, 0.15) is 11.4 Å². The average Bonchev–Trinajstić information content (AvgIpc) is 3.04. The minimum absolute atomic E-state index is 0.230. The van der Waals surface area contributed by atoms with E-state index < -0.39 is 5.60 Å². The van der Waals surface area contributed by atoms with Crippen molar-refractivity contribution >= 4 is 44.0 Å². The zero-order valence-corrected chi connectivity index (χ0v) is 17.3. The second kappa shape index (κ2) is 6.78. The average molecular weight is 431 g/mol. The summed E-state index contributed by atoms with van der Waals surface area (Å²) < 4.78 is 6.48. The molecule has 1 amide bonds. The first kappa shape index (κ1) is 18.2. The highest BCUT2D eigenvalue weighted by Crippen LogP contribution is 2.31. The van der Waals surface area contributed by atoms with E-state index in [0.29, 0.717) is 19.0 Å². The van der Waals surface area contributed by atoms with Gasteiger partial charge in [-0.2, -0.15) is 0 Å². The number of hydrogen-bond acceptors (Lipinski definition) is 4. The highest BCUT2D eigenvalue weighted by atomic mass is 79.9. The van der Waals surface area contributed by atoms with Crippen LogP contribution >= 0.6 is 15.9 Å². The normalized spacial score (nSPS) is 16.2. The third kappa shape index (κ3) is 3.78. The van der Waals surface area contributed by atoms with Crippen LogP contribution < -0.4 is 0 Å². The van der Waals surface area contributed by atoms with E-state index in [1.54, 1.807) is 4.90 Å². The second-order valence-electron chi connectivity index (χ2n) is 8.05. The summed E-state index contributed by atoms with van der Waals surface area (Å²) in [6, 6.07) is 6.06. The molecule has 1 fully saturated rings. The number of ether oxygens (including phenoxy) is 1. The maximum absolute atomic E-state index is 12.2. The molecule has 1 aliphatic heterocycles. The molecule has 1 aromatic carbocycles. The van der Waals surface area contributed by atoms with Crippen LogP contribution in [0.5, 0.6) is 0 Å². The Morgan fingerprint density at radius 1 is 1.30 bits per heavy atom. The van der Waals surface area contributed by atoms with Gasteiger partial charge in [-0.1, -0.05) is 15.9 Å². The van der Waals surface area contributed by atoms with Crippen LogP contribution in [0.4, 0.5) is 4.79 Å². The Morgan fingerprint density at radius 3 is 2.74 bits per heavy atom. The number of aromatic amines is 1. The van der Waals surface area contributed by atoms with Gasteiger partial charge in [-0.3, -0.25) is 4.98 Å². The van der Waals surface area contributed by atoms with Crippen LogP contribution in [-0.4, -0.2) is 44.6 Å². The summed E-state index contributed by atoms with van der Waals surface area (Å²) in [6.07, 6.45) is 3.36. The summed E-state index contributed by atoms with van der Waals surface area (Å²) in [7, 11) is 0. The highest BCUT2D eigenvalue weighted by Gasteiger charge is 2.28. The zero-order valence-electron chi connectivity index (χ0n) is 15.8. The molecule has 3 aromatic rings. The molecule has 0 unspecified atom stereocenters. The standard InChI is InChI=1S/C20H23BrN4O2/c1-20(2,3)27-19(26)25-8-6-12(7-9-25)18-23-16-11-22-15-10-13(21)4-5-14(15)17(16)24-18/h4-5,10-12H,6-9H2,1-3H3,(H,23,24). The van der Waals surface area contributed by atoms with Crippen LogP contribution in [0.15, 0.2) is 28.9 Å². The fraction of sp³-hybridized carbons (Fsp3) is 0.450. The molecule has 0 saturated carbocycles. The third-order valence-corrected chi connectivity index (χ3v) is 5.32. The first-order valence-corrected chi connectivity index (χ1v) is 10.0. The van der Waals surface area contributed by atoms with Crippen molar-refractivity contribution in [3.63, 3.8) is 0 Å². The van der Waals surface area contributed by atoms with Crippen LogP contribution in [0, 0.1) is 0 Å². The number of benzene rings is 1. The molecule has 2 aromatic heterocycles. The highest BCUT2D eigenvalue weighted by molar-refractivity contribution is 9.10. The van der Waals surface area contributed by atoms with Crippen LogP contribution in [0.3, 0.4) is 0 Å². The summed E-state index contributed by atoms with van der Waals surface area (Å²) in [5.41, 5.74) is 2.37. The zero-order chi connectivity index (χ0) is 19.2. The first-order valence-electron chi connectivity index (χ1n) is 9.22. The lowest BCUT2D eigenvalue weighted by Gasteiger charge is -2.32. The van der Waals surface area contributed by atoms with E-state index in [0.717, 1.165) is 45.1 Å². The molecule has 4 rings (SSSR count). The summed E-state index contributed by atoms with van der Waals surface area (Å²) >= 11 is 3.49. The van der Waals surface area contributed by atoms with E-state index in [4.69, 9.17) is 9.72 Å².